The molecular weight excluding hydrogens is 1010 g/mol. The molecule has 3 amide bonds. The van der Waals surface area contributed by atoms with Crippen molar-refractivity contribution < 1.29 is 42.2 Å². The number of benzene rings is 6. The molecule has 3 aromatic heterocycles. The summed E-state index contributed by atoms with van der Waals surface area (Å²) in [5.74, 6) is 2.44. The molecule has 0 saturated carbocycles. The van der Waals surface area contributed by atoms with Gasteiger partial charge < -0.3 is 38.1 Å². The number of aromatic nitrogens is 3. The molecule has 3 aliphatic heterocycles. The Balaban J connectivity index is 0.000000135. The van der Waals surface area contributed by atoms with Gasteiger partial charge in [0.05, 0.1) is 32.2 Å². The highest BCUT2D eigenvalue weighted by Gasteiger charge is 2.41. The zero-order valence-corrected chi connectivity index (χ0v) is 45.5. The van der Waals surface area contributed by atoms with Crippen molar-refractivity contribution in [3.05, 3.63) is 226 Å². The summed E-state index contributed by atoms with van der Waals surface area (Å²) >= 11 is 0. The number of hydrogen-bond acceptors (Lipinski definition) is 11. The number of aryl methyl sites for hydroxylation is 4. The lowest BCUT2D eigenvalue weighted by Gasteiger charge is -2.24. The number of rotatable bonds is 10. The summed E-state index contributed by atoms with van der Waals surface area (Å²) < 4.78 is 34.5. The maximum atomic E-state index is 13.2. The van der Waals surface area contributed by atoms with Crippen LogP contribution in [0.3, 0.4) is 0 Å². The van der Waals surface area contributed by atoms with Gasteiger partial charge in [-0.1, -0.05) is 159 Å². The molecule has 15 heteroatoms. The molecule has 9 aromatic rings. The van der Waals surface area contributed by atoms with E-state index in [0.29, 0.717) is 70.9 Å². The van der Waals surface area contributed by atoms with Gasteiger partial charge in [0.2, 0.25) is 0 Å². The normalized spacial score (nSPS) is 17.6. The number of hydrogen-bond donors (Lipinski definition) is 1. The molecule has 3 atom stereocenters. The van der Waals surface area contributed by atoms with Crippen LogP contribution >= 0.6 is 0 Å². The molecule has 14 nitrogen and oxygen atoms in total. The summed E-state index contributed by atoms with van der Waals surface area (Å²) in [7, 11) is 1.66. The topological polar surface area (TPSA) is 168 Å². The zero-order chi connectivity index (χ0) is 55.9. The van der Waals surface area contributed by atoms with Crippen molar-refractivity contribution in [1.82, 2.24) is 30.2 Å². The van der Waals surface area contributed by atoms with E-state index in [2.05, 4.69) is 58.8 Å². The fraction of sp³-hybridized carbons (Fsp3) is 0.262. The predicted molar refractivity (Wildman–Crippen MR) is 302 cm³/mol. The quantitative estimate of drug-likeness (QED) is 0.138. The first-order valence-electron chi connectivity index (χ1n) is 26.9. The summed E-state index contributed by atoms with van der Waals surface area (Å²) in [5, 5.41) is 22.5. The van der Waals surface area contributed by atoms with Gasteiger partial charge in [-0.15, -0.1) is 0 Å². The highest BCUT2D eigenvalue weighted by Crippen LogP contribution is 2.36. The Hall–Kier alpha value is -8.95. The van der Waals surface area contributed by atoms with Gasteiger partial charge in [-0.25, -0.2) is 4.39 Å². The lowest BCUT2D eigenvalue weighted by atomic mass is 9.93. The second-order valence-electron chi connectivity index (χ2n) is 21.0. The molecule has 3 aliphatic rings. The number of amides is 3. The lowest BCUT2D eigenvalue weighted by molar-refractivity contribution is 0.0417. The third-order valence-electron chi connectivity index (χ3n) is 15.3. The van der Waals surface area contributed by atoms with Crippen LogP contribution in [-0.2, 0) is 5.60 Å². The third-order valence-corrected chi connectivity index (χ3v) is 15.3. The van der Waals surface area contributed by atoms with Crippen molar-refractivity contribution in [3.8, 4) is 39.7 Å². The summed E-state index contributed by atoms with van der Waals surface area (Å²) in [6, 6.07) is 45.9. The number of halogens is 1. The Morgan fingerprint density at radius 3 is 1.26 bits per heavy atom. The maximum absolute atomic E-state index is 13.2. The summed E-state index contributed by atoms with van der Waals surface area (Å²) in [5.41, 5.74) is 10.6. The second kappa shape index (κ2) is 24.0. The maximum Gasteiger partial charge on any atom is 0.259 e. The van der Waals surface area contributed by atoms with Gasteiger partial charge in [0.1, 0.15) is 33.9 Å². The Morgan fingerprint density at radius 1 is 0.512 bits per heavy atom. The van der Waals surface area contributed by atoms with Crippen LogP contribution in [0.15, 0.2) is 178 Å². The number of nitrogens with zero attached hydrogens (tertiary/aromatic N) is 6. The number of carbonyl (C=O) groups excluding carboxylic acids is 3. The van der Waals surface area contributed by atoms with Crippen LogP contribution in [0.2, 0.25) is 0 Å². The Labute approximate surface area is 464 Å². The third kappa shape index (κ3) is 12.2. The molecule has 0 aliphatic carbocycles. The molecule has 1 N–H and O–H groups in total. The monoisotopic (exact) mass is 1070 g/mol. The minimum absolute atomic E-state index is 0.00330. The molecule has 0 radical (unpaired) electrons. The molecule has 0 bridgehead atoms. The van der Waals surface area contributed by atoms with E-state index in [0.717, 1.165) is 66.0 Å². The van der Waals surface area contributed by atoms with Gasteiger partial charge in [-0.3, -0.25) is 14.4 Å². The highest BCUT2D eigenvalue weighted by molar-refractivity contribution is 6.01. The molecule has 6 aromatic carbocycles. The second-order valence-corrected chi connectivity index (χ2v) is 21.0. The van der Waals surface area contributed by atoms with Gasteiger partial charge in [0, 0.05) is 61.2 Å². The number of likely N-dealkylation sites (tertiary alicyclic amines) is 3. The largest absolute Gasteiger partial charge is 0.497 e. The van der Waals surface area contributed by atoms with Gasteiger partial charge in [-0.2, -0.15) is 0 Å². The first-order valence-corrected chi connectivity index (χ1v) is 26.9. The zero-order valence-electron chi connectivity index (χ0n) is 45.5. The van der Waals surface area contributed by atoms with Crippen molar-refractivity contribution in [3.63, 3.8) is 0 Å². The van der Waals surface area contributed by atoms with Crippen LogP contribution in [0.4, 0.5) is 4.39 Å². The molecule has 408 valence electrons. The average Bonchev–Trinajstić information content (AvgIpc) is 4.53. The summed E-state index contributed by atoms with van der Waals surface area (Å²) in [6.45, 7) is 11.6. The summed E-state index contributed by atoms with van der Waals surface area (Å²) in [4.78, 5) is 44.5. The van der Waals surface area contributed by atoms with Crippen LogP contribution in [0.1, 0.15) is 101 Å². The van der Waals surface area contributed by atoms with E-state index in [-0.39, 0.29) is 30.1 Å². The Morgan fingerprint density at radius 2 is 0.875 bits per heavy atom. The molecule has 80 heavy (non-hydrogen) atoms. The van der Waals surface area contributed by atoms with E-state index in [1.54, 1.807) is 24.1 Å². The summed E-state index contributed by atoms with van der Waals surface area (Å²) in [6.07, 6.45) is 6.79. The number of ether oxygens (including phenoxy) is 1. The minimum Gasteiger partial charge on any atom is -0.497 e. The molecule has 3 unspecified atom stereocenters. The number of methoxy groups -OCH3 is 1. The fourth-order valence-electron chi connectivity index (χ4n) is 10.5. The SMILES string of the molecule is COc1ccc(C2CCN(C(=O)c3cnoc3-c3ccc(C)cc3)C2)cc1.Cc1ccc(-c2oncc2C(=O)N2CCC(O)(c3ccc(F)cc3)C2)cc1.Cc1ccc(-c2oncc2C(=O)N2CCC(c3ccc(C)cc3)C2)cc1. The standard InChI is InChI=1S/C22H22N2O3.C22H22N2O2.C21H19FN2O3/c1-15-3-5-17(6-4-15)21-20(13-23-27-21)22(25)24-12-11-18(14-24)16-7-9-19(26-2)10-8-16;1-15-3-7-17(8-4-15)19-11-12-24(14-19)22(25)20-13-23-26-21(20)18-9-5-16(2)6-10-18;1-14-2-4-15(5-3-14)19-18(12-23-27-19)20(25)24-11-10-21(26,13-24)16-6-8-17(22)9-7-16/h3-10,13,18H,11-12,14H2,1-2H3;3-10,13,19H,11-12,14H2,1-2H3;2-9,12,26H,10-11,13H2,1H3. The number of aliphatic hydroxyl groups is 1. The van der Waals surface area contributed by atoms with E-state index in [9.17, 15) is 23.9 Å². The first-order chi connectivity index (χ1) is 38.7. The van der Waals surface area contributed by atoms with E-state index in [1.165, 1.54) is 53.0 Å². The van der Waals surface area contributed by atoms with Crippen LogP contribution < -0.4 is 4.74 Å². The van der Waals surface area contributed by atoms with E-state index < -0.39 is 5.60 Å². The van der Waals surface area contributed by atoms with Crippen LogP contribution in [0, 0.1) is 33.5 Å². The van der Waals surface area contributed by atoms with Gasteiger partial charge in [0.15, 0.2) is 17.3 Å². The average molecular weight is 1080 g/mol. The smallest absolute Gasteiger partial charge is 0.259 e. The van der Waals surface area contributed by atoms with Crippen molar-refractivity contribution in [1.29, 1.82) is 0 Å². The van der Waals surface area contributed by atoms with Gasteiger partial charge in [0.25, 0.3) is 17.7 Å². The molecule has 6 heterocycles. The van der Waals surface area contributed by atoms with Crippen molar-refractivity contribution in [2.45, 2.75) is 64.4 Å². The highest BCUT2D eigenvalue weighted by atomic mass is 19.1. The van der Waals surface area contributed by atoms with E-state index in [1.807, 2.05) is 116 Å². The molecule has 12 rings (SSSR count). The minimum atomic E-state index is -1.19. The molecular formula is C65H63FN6O8. The Kier molecular flexibility index (Phi) is 16.3. The Bertz CT molecular complexity index is 3560. The van der Waals surface area contributed by atoms with Crippen LogP contribution in [0.5, 0.6) is 5.75 Å². The number of carbonyl (C=O) groups is 3. The van der Waals surface area contributed by atoms with E-state index >= 15 is 0 Å². The van der Waals surface area contributed by atoms with Crippen LogP contribution in [-0.4, -0.2) is 99.4 Å². The molecule has 3 saturated heterocycles. The van der Waals surface area contributed by atoms with E-state index in [4.69, 9.17) is 18.3 Å². The molecule has 3 fully saturated rings. The van der Waals surface area contributed by atoms with Crippen molar-refractivity contribution >= 4 is 17.7 Å². The van der Waals surface area contributed by atoms with Crippen molar-refractivity contribution in [2.75, 3.05) is 46.4 Å². The predicted octanol–water partition coefficient (Wildman–Crippen LogP) is 12.4. The molecule has 0 spiro atoms. The van der Waals surface area contributed by atoms with Crippen molar-refractivity contribution in [2.24, 2.45) is 0 Å². The van der Waals surface area contributed by atoms with Gasteiger partial charge in [-0.05, 0) is 87.9 Å². The fourth-order valence-corrected chi connectivity index (χ4v) is 10.5. The van der Waals surface area contributed by atoms with Crippen LogP contribution in [0.25, 0.3) is 34.0 Å². The lowest BCUT2D eigenvalue weighted by Crippen LogP contribution is -2.34. The first kappa shape index (κ1) is 54.4. The number of β-amino-alcohol motifs (C(OH)–C–C–N with tert-alkyl or cyclic N) is 1. The van der Waals surface area contributed by atoms with Gasteiger partial charge >= 0.3 is 0 Å².